The zero-order chi connectivity index (χ0) is 6.91. The summed E-state index contributed by atoms with van der Waals surface area (Å²) in [5.41, 5.74) is 0.00810. The van der Waals surface area contributed by atoms with E-state index >= 15 is 0 Å². The van der Waals surface area contributed by atoms with Gasteiger partial charge < -0.3 is 0 Å². The number of rotatable bonds is 3. The molecule has 0 unspecified atom stereocenters. The number of hydrogen-bond acceptors (Lipinski definition) is 1. The molecule has 0 aromatic carbocycles. The molecule has 9 heavy (non-hydrogen) atoms. The molecule has 0 aromatic rings. The van der Waals surface area contributed by atoms with Gasteiger partial charge in [0, 0.05) is 5.41 Å². The zero-order valence-electron chi connectivity index (χ0n) is 6.11. The summed E-state index contributed by atoms with van der Waals surface area (Å²) in [7, 11) is 0. The molecule has 0 amide bonds. The lowest BCUT2D eigenvalue weighted by atomic mass is 9.96. The first kappa shape index (κ1) is 6.79. The fraction of sp³-hybridized carbons (Fsp3) is 0.875. The van der Waals surface area contributed by atoms with Gasteiger partial charge in [0.05, 0.1) is 0 Å². The molecule has 0 saturated heterocycles. The van der Waals surface area contributed by atoms with Gasteiger partial charge in [-0.05, 0) is 25.2 Å². The maximum Gasteiger partial charge on any atom is 0.205 e. The molecule has 0 bridgehead atoms. The molecule has 1 nitrogen and oxygen atoms in total. The number of carbonyl (C=O) groups excluding carboxylic acids is 1. The molecule has 1 rings (SSSR count). The van der Waals surface area contributed by atoms with E-state index in [0.29, 0.717) is 5.92 Å². The molecule has 1 fully saturated rings. The van der Waals surface area contributed by atoms with Crippen LogP contribution in [0.4, 0.5) is 0 Å². The third-order valence-corrected chi connectivity index (χ3v) is 1.87. The predicted octanol–water partition coefficient (Wildman–Crippen LogP) is 1.92. The third-order valence-electron chi connectivity index (χ3n) is 1.87. The smallest absolute Gasteiger partial charge is 0.205 e. The van der Waals surface area contributed by atoms with Crippen molar-refractivity contribution in [2.75, 3.05) is 0 Å². The van der Waals surface area contributed by atoms with Gasteiger partial charge in [-0.2, -0.15) is 0 Å². The van der Waals surface area contributed by atoms with Crippen LogP contribution in [0.3, 0.4) is 0 Å². The van der Waals surface area contributed by atoms with Crippen LogP contribution >= 0.6 is 0 Å². The minimum Gasteiger partial charge on any atom is -0.290 e. The summed E-state index contributed by atoms with van der Waals surface area (Å²) >= 11 is 0. The summed E-state index contributed by atoms with van der Waals surface area (Å²) in [5, 5.41) is 0. The van der Waals surface area contributed by atoms with Crippen LogP contribution in [-0.4, -0.2) is 6.29 Å². The summed E-state index contributed by atoms with van der Waals surface area (Å²) in [4.78, 5) is 10.3. The van der Waals surface area contributed by atoms with Crippen molar-refractivity contribution < 1.29 is 4.79 Å². The topological polar surface area (TPSA) is 17.1 Å². The van der Waals surface area contributed by atoms with E-state index in [0.717, 1.165) is 19.3 Å². The average Bonchev–Trinajstić information content (AvgIpc) is 2.48. The monoisotopic (exact) mass is 125 g/mol. The van der Waals surface area contributed by atoms with Crippen LogP contribution in [0.1, 0.15) is 33.1 Å². The second-order valence-electron chi connectivity index (χ2n) is 3.48. The van der Waals surface area contributed by atoms with Gasteiger partial charge in [0.2, 0.25) is 6.29 Å². The van der Waals surface area contributed by atoms with Gasteiger partial charge in [0.15, 0.2) is 0 Å². The van der Waals surface area contributed by atoms with Crippen LogP contribution in [0.5, 0.6) is 0 Å². The normalized spacial score (nSPS) is 22.1. The van der Waals surface area contributed by atoms with Gasteiger partial charge >= 0.3 is 0 Å². The molecule has 0 N–H and O–H groups in total. The second kappa shape index (κ2) is 2.13. The second-order valence-corrected chi connectivity index (χ2v) is 3.48. The highest BCUT2D eigenvalue weighted by atomic mass is 16.1. The molecule has 1 radical (unpaired) electrons. The van der Waals surface area contributed by atoms with Crippen molar-refractivity contribution in [1.29, 1.82) is 0 Å². The Morgan fingerprint density at radius 1 is 1.56 bits per heavy atom. The molecule has 0 aliphatic heterocycles. The van der Waals surface area contributed by atoms with Crippen LogP contribution in [0.25, 0.3) is 0 Å². The highest BCUT2D eigenvalue weighted by molar-refractivity contribution is 5.64. The van der Waals surface area contributed by atoms with Crippen LogP contribution in [0.2, 0.25) is 0 Å². The first-order valence-electron chi connectivity index (χ1n) is 3.58. The van der Waals surface area contributed by atoms with E-state index in [-0.39, 0.29) is 5.41 Å². The molecule has 1 saturated carbocycles. The van der Waals surface area contributed by atoms with Crippen LogP contribution in [-0.2, 0) is 4.79 Å². The maximum atomic E-state index is 10.3. The van der Waals surface area contributed by atoms with Gasteiger partial charge in [0.1, 0.15) is 0 Å². The van der Waals surface area contributed by atoms with Crippen molar-refractivity contribution in [2.45, 2.75) is 33.1 Å². The van der Waals surface area contributed by atoms with Crippen LogP contribution < -0.4 is 0 Å². The Kier molecular flexibility index (Phi) is 1.60. The Morgan fingerprint density at radius 3 is 2.22 bits per heavy atom. The summed E-state index contributed by atoms with van der Waals surface area (Å²) in [6.07, 6.45) is 5.33. The lowest BCUT2D eigenvalue weighted by Gasteiger charge is -2.07. The van der Waals surface area contributed by atoms with Gasteiger partial charge in [-0.25, -0.2) is 0 Å². The summed E-state index contributed by atoms with van der Waals surface area (Å²) in [5.74, 6) is 0.647. The van der Waals surface area contributed by atoms with Crippen molar-refractivity contribution in [1.82, 2.24) is 0 Å². The van der Waals surface area contributed by atoms with E-state index < -0.39 is 0 Å². The molecule has 51 valence electrons. The predicted molar refractivity (Wildman–Crippen MR) is 36.8 cm³/mol. The van der Waals surface area contributed by atoms with E-state index in [1.165, 1.54) is 0 Å². The van der Waals surface area contributed by atoms with E-state index in [1.807, 2.05) is 0 Å². The quantitative estimate of drug-likeness (QED) is 0.563. The maximum absolute atomic E-state index is 10.3. The van der Waals surface area contributed by atoms with E-state index in [4.69, 9.17) is 0 Å². The summed E-state index contributed by atoms with van der Waals surface area (Å²) < 4.78 is 0. The summed E-state index contributed by atoms with van der Waals surface area (Å²) in [6, 6.07) is 0. The van der Waals surface area contributed by atoms with E-state index in [9.17, 15) is 4.79 Å². The molecule has 1 aliphatic rings. The highest BCUT2D eigenvalue weighted by Crippen LogP contribution is 2.48. The first-order chi connectivity index (χ1) is 4.18. The largest absolute Gasteiger partial charge is 0.290 e. The SMILES string of the molecule is CC(C)CC1([C]=O)CC1. The lowest BCUT2D eigenvalue weighted by Crippen LogP contribution is -2.05. The van der Waals surface area contributed by atoms with Crippen molar-refractivity contribution in [3.05, 3.63) is 0 Å². The number of hydrogen-bond donors (Lipinski definition) is 0. The van der Waals surface area contributed by atoms with Gasteiger partial charge in [-0.15, -0.1) is 0 Å². The molecule has 0 aromatic heterocycles. The van der Waals surface area contributed by atoms with Crippen LogP contribution in [0.15, 0.2) is 0 Å². The zero-order valence-corrected chi connectivity index (χ0v) is 6.11. The Labute approximate surface area is 56.4 Å². The Balaban J connectivity index is 2.33. The highest BCUT2D eigenvalue weighted by Gasteiger charge is 2.43. The first-order valence-corrected chi connectivity index (χ1v) is 3.58. The Bertz CT molecular complexity index is 112. The van der Waals surface area contributed by atoms with Crippen LogP contribution in [0, 0.1) is 11.3 Å². The fourth-order valence-electron chi connectivity index (χ4n) is 1.28. The van der Waals surface area contributed by atoms with Crippen molar-refractivity contribution in [3.63, 3.8) is 0 Å². The molecule has 1 heteroatoms. The molecule has 0 heterocycles. The minimum absolute atomic E-state index is 0.00810. The van der Waals surface area contributed by atoms with Gasteiger partial charge in [0.25, 0.3) is 0 Å². The molecular formula is C8H13O. The van der Waals surface area contributed by atoms with Crippen molar-refractivity contribution in [3.8, 4) is 0 Å². The van der Waals surface area contributed by atoms with Gasteiger partial charge in [-0.3, -0.25) is 4.79 Å². The van der Waals surface area contributed by atoms with Crippen molar-refractivity contribution >= 4 is 6.29 Å². The van der Waals surface area contributed by atoms with E-state index in [2.05, 4.69) is 20.1 Å². The van der Waals surface area contributed by atoms with E-state index in [1.54, 1.807) is 0 Å². The molecule has 0 atom stereocenters. The molecule has 0 spiro atoms. The molecular weight excluding hydrogens is 112 g/mol. The lowest BCUT2D eigenvalue weighted by molar-refractivity contribution is 0.446. The van der Waals surface area contributed by atoms with Crippen molar-refractivity contribution in [2.24, 2.45) is 11.3 Å². The molecule has 1 aliphatic carbocycles. The average molecular weight is 125 g/mol. The Morgan fingerprint density at radius 2 is 2.11 bits per heavy atom. The fourth-order valence-corrected chi connectivity index (χ4v) is 1.28. The third kappa shape index (κ3) is 1.54. The van der Waals surface area contributed by atoms with Gasteiger partial charge in [-0.1, -0.05) is 13.8 Å². The Hall–Kier alpha value is -0.330. The standard InChI is InChI=1S/C8H13O/c1-7(2)5-8(6-9)3-4-8/h7H,3-5H2,1-2H3. The summed E-state index contributed by atoms with van der Waals surface area (Å²) in [6.45, 7) is 4.30. The minimum atomic E-state index is 0.00810.